The lowest BCUT2D eigenvalue weighted by Crippen LogP contribution is -2.35. The third-order valence-corrected chi connectivity index (χ3v) is 2.53. The molecule has 0 aliphatic rings. The number of hydrogen-bond donors (Lipinski definition) is 2. The Labute approximate surface area is 105 Å². The quantitative estimate of drug-likeness (QED) is 0.837. The molecule has 0 bridgehead atoms. The van der Waals surface area contributed by atoms with Crippen molar-refractivity contribution in [1.82, 2.24) is 25.4 Å². The first kappa shape index (κ1) is 12.1. The molecule has 2 heterocycles. The van der Waals surface area contributed by atoms with Crippen molar-refractivity contribution < 1.29 is 4.79 Å². The molecule has 0 aliphatic heterocycles. The van der Waals surface area contributed by atoms with Gasteiger partial charge in [0.1, 0.15) is 0 Å². The maximum absolute atomic E-state index is 11.6. The molecule has 2 aromatic heterocycles. The SMILES string of the molecule is Cn1nccc1CNC(=O)NCc1cccnc1. The summed E-state index contributed by atoms with van der Waals surface area (Å²) >= 11 is 0. The number of nitrogens with one attached hydrogen (secondary N) is 2. The topological polar surface area (TPSA) is 71.8 Å². The van der Waals surface area contributed by atoms with Crippen LogP contribution >= 0.6 is 0 Å². The summed E-state index contributed by atoms with van der Waals surface area (Å²) in [6, 6.07) is 5.40. The minimum Gasteiger partial charge on any atom is -0.334 e. The number of nitrogens with zero attached hydrogens (tertiary/aromatic N) is 3. The van der Waals surface area contributed by atoms with E-state index in [0.29, 0.717) is 13.1 Å². The van der Waals surface area contributed by atoms with Crippen molar-refractivity contribution in [3.63, 3.8) is 0 Å². The lowest BCUT2D eigenvalue weighted by molar-refractivity contribution is 0.240. The molecule has 0 unspecified atom stereocenters. The van der Waals surface area contributed by atoms with Crippen molar-refractivity contribution in [3.8, 4) is 0 Å². The van der Waals surface area contributed by atoms with E-state index in [-0.39, 0.29) is 6.03 Å². The van der Waals surface area contributed by atoms with E-state index in [2.05, 4.69) is 20.7 Å². The maximum atomic E-state index is 11.6. The van der Waals surface area contributed by atoms with Crippen LogP contribution in [0.2, 0.25) is 0 Å². The third-order valence-electron chi connectivity index (χ3n) is 2.53. The number of urea groups is 1. The van der Waals surface area contributed by atoms with E-state index < -0.39 is 0 Å². The van der Waals surface area contributed by atoms with Crippen molar-refractivity contribution in [2.24, 2.45) is 7.05 Å². The molecular formula is C12H15N5O. The van der Waals surface area contributed by atoms with E-state index in [9.17, 15) is 4.79 Å². The molecule has 0 radical (unpaired) electrons. The summed E-state index contributed by atoms with van der Waals surface area (Å²) in [5, 5.41) is 9.55. The van der Waals surface area contributed by atoms with Crippen LogP contribution in [0.1, 0.15) is 11.3 Å². The summed E-state index contributed by atoms with van der Waals surface area (Å²) < 4.78 is 1.72. The van der Waals surface area contributed by atoms with Gasteiger partial charge in [-0.3, -0.25) is 9.67 Å². The van der Waals surface area contributed by atoms with Crippen molar-refractivity contribution in [1.29, 1.82) is 0 Å². The van der Waals surface area contributed by atoms with Gasteiger partial charge in [-0.15, -0.1) is 0 Å². The molecule has 2 N–H and O–H groups in total. The van der Waals surface area contributed by atoms with E-state index in [0.717, 1.165) is 11.3 Å². The maximum Gasteiger partial charge on any atom is 0.315 e. The van der Waals surface area contributed by atoms with Crippen LogP contribution in [-0.2, 0) is 20.1 Å². The molecule has 18 heavy (non-hydrogen) atoms. The molecule has 0 saturated carbocycles. The van der Waals surface area contributed by atoms with Crippen LogP contribution in [0, 0.1) is 0 Å². The van der Waals surface area contributed by atoms with Gasteiger partial charge in [0.05, 0.1) is 12.2 Å². The Morgan fingerprint density at radius 2 is 2.11 bits per heavy atom. The lowest BCUT2D eigenvalue weighted by Gasteiger charge is -2.07. The fraction of sp³-hybridized carbons (Fsp3) is 0.250. The van der Waals surface area contributed by atoms with E-state index in [1.54, 1.807) is 23.3 Å². The molecule has 94 valence electrons. The summed E-state index contributed by atoms with van der Waals surface area (Å²) in [5.74, 6) is 0. The summed E-state index contributed by atoms with van der Waals surface area (Å²) in [5.41, 5.74) is 1.92. The van der Waals surface area contributed by atoms with Crippen molar-refractivity contribution in [2.75, 3.05) is 0 Å². The average molecular weight is 245 g/mol. The Morgan fingerprint density at radius 3 is 2.78 bits per heavy atom. The van der Waals surface area contributed by atoms with E-state index in [4.69, 9.17) is 0 Å². The van der Waals surface area contributed by atoms with Gasteiger partial charge in [0.25, 0.3) is 0 Å². The number of aryl methyl sites for hydroxylation is 1. The Morgan fingerprint density at radius 1 is 1.28 bits per heavy atom. The fourth-order valence-electron chi connectivity index (χ4n) is 1.49. The molecule has 0 fully saturated rings. The van der Waals surface area contributed by atoms with Gasteiger partial charge in [-0.1, -0.05) is 6.07 Å². The second kappa shape index (κ2) is 5.81. The van der Waals surface area contributed by atoms with Gasteiger partial charge >= 0.3 is 6.03 Å². The number of rotatable bonds is 4. The number of aromatic nitrogens is 3. The number of amides is 2. The van der Waals surface area contributed by atoms with E-state index in [1.165, 1.54) is 0 Å². The van der Waals surface area contributed by atoms with Crippen LogP contribution in [0.3, 0.4) is 0 Å². The summed E-state index contributed by atoms with van der Waals surface area (Å²) in [7, 11) is 1.84. The normalized spacial score (nSPS) is 10.1. The predicted molar refractivity (Wildman–Crippen MR) is 66.5 cm³/mol. The number of carbonyl (C=O) groups excluding carboxylic acids is 1. The van der Waals surface area contributed by atoms with Gasteiger partial charge in [-0.2, -0.15) is 5.10 Å². The van der Waals surface area contributed by atoms with Gasteiger partial charge in [0.15, 0.2) is 0 Å². The number of hydrogen-bond acceptors (Lipinski definition) is 3. The van der Waals surface area contributed by atoms with Crippen LogP contribution in [0.4, 0.5) is 4.79 Å². The second-order valence-electron chi connectivity index (χ2n) is 3.84. The molecule has 0 aromatic carbocycles. The monoisotopic (exact) mass is 245 g/mol. The number of carbonyl (C=O) groups is 1. The first-order valence-corrected chi connectivity index (χ1v) is 5.63. The number of pyridine rings is 1. The largest absolute Gasteiger partial charge is 0.334 e. The van der Waals surface area contributed by atoms with E-state index in [1.807, 2.05) is 25.2 Å². The van der Waals surface area contributed by atoms with Crippen LogP contribution in [0.5, 0.6) is 0 Å². The molecule has 0 saturated heterocycles. The standard InChI is InChI=1S/C12H15N5O/c1-17-11(4-6-16-17)9-15-12(18)14-8-10-3-2-5-13-7-10/h2-7H,8-9H2,1H3,(H2,14,15,18). The molecular weight excluding hydrogens is 230 g/mol. The first-order valence-electron chi connectivity index (χ1n) is 5.63. The summed E-state index contributed by atoms with van der Waals surface area (Å²) in [6.45, 7) is 0.917. The van der Waals surface area contributed by atoms with Gasteiger partial charge in [-0.25, -0.2) is 4.79 Å². The highest BCUT2D eigenvalue weighted by Crippen LogP contribution is 1.96. The van der Waals surface area contributed by atoms with Gasteiger partial charge in [0.2, 0.25) is 0 Å². The van der Waals surface area contributed by atoms with Crippen molar-refractivity contribution >= 4 is 6.03 Å². The van der Waals surface area contributed by atoms with Crippen molar-refractivity contribution in [3.05, 3.63) is 48.0 Å². The average Bonchev–Trinajstić information content (AvgIpc) is 2.81. The Balaban J connectivity index is 1.75. The van der Waals surface area contributed by atoms with E-state index >= 15 is 0 Å². The van der Waals surface area contributed by atoms with Crippen LogP contribution in [0.15, 0.2) is 36.8 Å². The minimum atomic E-state index is -0.208. The van der Waals surface area contributed by atoms with Crippen LogP contribution in [0.25, 0.3) is 0 Å². The Bertz CT molecular complexity index is 508. The molecule has 6 heteroatoms. The highest BCUT2D eigenvalue weighted by Gasteiger charge is 2.02. The summed E-state index contributed by atoms with van der Waals surface area (Å²) in [4.78, 5) is 15.5. The Hall–Kier alpha value is -2.37. The Kier molecular flexibility index (Phi) is 3.90. The molecule has 6 nitrogen and oxygen atoms in total. The highest BCUT2D eigenvalue weighted by atomic mass is 16.2. The third kappa shape index (κ3) is 3.31. The molecule has 2 aromatic rings. The molecule has 0 atom stereocenters. The molecule has 2 rings (SSSR count). The smallest absolute Gasteiger partial charge is 0.315 e. The fourth-order valence-corrected chi connectivity index (χ4v) is 1.49. The zero-order valence-corrected chi connectivity index (χ0v) is 10.1. The molecule has 0 spiro atoms. The zero-order valence-electron chi connectivity index (χ0n) is 10.1. The second-order valence-corrected chi connectivity index (χ2v) is 3.84. The predicted octanol–water partition coefficient (Wildman–Crippen LogP) is 0.814. The first-order chi connectivity index (χ1) is 8.75. The van der Waals surface area contributed by atoms with Crippen LogP contribution < -0.4 is 10.6 Å². The lowest BCUT2D eigenvalue weighted by atomic mass is 10.3. The van der Waals surface area contributed by atoms with Gasteiger partial charge in [0, 0.05) is 32.2 Å². The molecule has 0 aliphatic carbocycles. The van der Waals surface area contributed by atoms with Crippen molar-refractivity contribution in [2.45, 2.75) is 13.1 Å². The minimum absolute atomic E-state index is 0.208. The zero-order chi connectivity index (χ0) is 12.8. The summed E-state index contributed by atoms with van der Waals surface area (Å²) in [6.07, 6.45) is 5.12. The van der Waals surface area contributed by atoms with Crippen LogP contribution in [-0.4, -0.2) is 20.8 Å². The van der Waals surface area contributed by atoms with Gasteiger partial charge in [-0.05, 0) is 17.7 Å². The highest BCUT2D eigenvalue weighted by molar-refractivity contribution is 5.73. The van der Waals surface area contributed by atoms with Gasteiger partial charge < -0.3 is 10.6 Å². The molecule has 2 amide bonds.